The third-order valence-corrected chi connectivity index (χ3v) is 2.55. The van der Waals surface area contributed by atoms with Gasteiger partial charge in [-0.2, -0.15) is 0 Å². The average Bonchev–Trinajstić information content (AvgIpc) is 2.18. The van der Waals surface area contributed by atoms with Gasteiger partial charge in [0.05, 0.1) is 0 Å². The van der Waals surface area contributed by atoms with Crippen molar-refractivity contribution in [2.75, 3.05) is 19.6 Å². The van der Waals surface area contributed by atoms with E-state index in [4.69, 9.17) is 11.6 Å². The van der Waals surface area contributed by atoms with E-state index in [1.165, 1.54) is 12.1 Å². The van der Waals surface area contributed by atoms with Gasteiger partial charge in [0.1, 0.15) is 5.82 Å². The summed E-state index contributed by atoms with van der Waals surface area (Å²) in [5, 5.41) is 7.00. The van der Waals surface area contributed by atoms with Crippen LogP contribution in [0.25, 0.3) is 0 Å². The maximum Gasteiger partial charge on any atom is 0.125 e. The molecule has 4 heteroatoms. The molecule has 1 aliphatic rings. The quantitative estimate of drug-likeness (QED) is 0.744. The Morgan fingerprint density at radius 2 is 2.14 bits per heavy atom. The highest BCUT2D eigenvalue weighted by Crippen LogP contribution is 2.20. The normalized spacial score (nSPS) is 22.3. The van der Waals surface area contributed by atoms with Crippen molar-refractivity contribution in [1.82, 2.24) is 10.6 Å². The molecule has 2 rings (SSSR count). The molecule has 1 heterocycles. The summed E-state index contributed by atoms with van der Waals surface area (Å²) in [6, 6.07) is 4.81. The number of benzene rings is 1. The highest BCUT2D eigenvalue weighted by atomic mass is 35.5. The van der Waals surface area contributed by atoms with Crippen molar-refractivity contribution in [3.8, 4) is 0 Å². The first-order chi connectivity index (χ1) is 6.75. The molecule has 1 saturated heterocycles. The summed E-state index contributed by atoms with van der Waals surface area (Å²) in [4.78, 5) is 0. The second kappa shape index (κ2) is 4.26. The van der Waals surface area contributed by atoms with Crippen molar-refractivity contribution in [3.05, 3.63) is 34.6 Å². The molecule has 0 spiro atoms. The number of rotatable bonds is 1. The molecule has 0 bridgehead atoms. The lowest BCUT2D eigenvalue weighted by atomic mass is 10.1. The van der Waals surface area contributed by atoms with Crippen LogP contribution in [0.2, 0.25) is 5.02 Å². The van der Waals surface area contributed by atoms with Gasteiger partial charge in [0.25, 0.3) is 0 Å². The van der Waals surface area contributed by atoms with Crippen LogP contribution in [0.3, 0.4) is 0 Å². The molecule has 0 amide bonds. The monoisotopic (exact) mass is 214 g/mol. The summed E-state index contributed by atoms with van der Waals surface area (Å²) in [6.45, 7) is 2.68. The Morgan fingerprint density at radius 3 is 2.79 bits per heavy atom. The molecule has 76 valence electrons. The van der Waals surface area contributed by atoms with Crippen LogP contribution in [0, 0.1) is 5.82 Å². The van der Waals surface area contributed by atoms with Crippen molar-refractivity contribution in [1.29, 1.82) is 0 Å². The zero-order chi connectivity index (χ0) is 9.97. The Kier molecular flexibility index (Phi) is 3.01. The average molecular weight is 215 g/mol. The molecule has 1 aromatic carbocycles. The largest absolute Gasteiger partial charge is 0.314 e. The summed E-state index contributed by atoms with van der Waals surface area (Å²) in [5.41, 5.74) is 0.905. The molecule has 1 atom stereocenters. The summed E-state index contributed by atoms with van der Waals surface area (Å²) in [5.74, 6) is -0.278. The fourth-order valence-corrected chi connectivity index (χ4v) is 1.90. The minimum absolute atomic E-state index is 0.164. The Hall–Kier alpha value is -0.640. The van der Waals surface area contributed by atoms with Crippen molar-refractivity contribution in [2.24, 2.45) is 0 Å². The highest BCUT2D eigenvalue weighted by molar-refractivity contribution is 6.30. The van der Waals surface area contributed by atoms with Crippen molar-refractivity contribution in [3.63, 3.8) is 0 Å². The van der Waals surface area contributed by atoms with E-state index in [0.29, 0.717) is 5.02 Å². The first-order valence-corrected chi connectivity index (χ1v) is 5.03. The lowest BCUT2D eigenvalue weighted by Crippen LogP contribution is -2.42. The molecule has 0 radical (unpaired) electrons. The molecule has 0 unspecified atom stereocenters. The number of nitrogens with one attached hydrogen (secondary N) is 2. The van der Waals surface area contributed by atoms with E-state index in [1.807, 2.05) is 0 Å². The van der Waals surface area contributed by atoms with Crippen LogP contribution < -0.4 is 10.6 Å². The predicted molar refractivity (Wildman–Crippen MR) is 55.0 cm³/mol. The second-order valence-electron chi connectivity index (χ2n) is 3.41. The zero-order valence-electron chi connectivity index (χ0n) is 7.69. The Bertz CT molecular complexity index is 304. The van der Waals surface area contributed by atoms with Gasteiger partial charge in [-0.1, -0.05) is 11.6 Å². The number of piperazine rings is 1. The summed E-state index contributed by atoms with van der Waals surface area (Å²) in [7, 11) is 0. The molecule has 1 aromatic rings. The zero-order valence-corrected chi connectivity index (χ0v) is 8.44. The second-order valence-corrected chi connectivity index (χ2v) is 3.85. The lowest BCUT2D eigenvalue weighted by Gasteiger charge is -2.24. The van der Waals surface area contributed by atoms with Crippen molar-refractivity contribution >= 4 is 11.6 Å². The van der Waals surface area contributed by atoms with E-state index >= 15 is 0 Å². The van der Waals surface area contributed by atoms with E-state index in [1.54, 1.807) is 6.07 Å². The third kappa shape index (κ3) is 2.23. The van der Waals surface area contributed by atoms with Gasteiger partial charge in [-0.05, 0) is 23.8 Å². The van der Waals surface area contributed by atoms with Crippen LogP contribution in [-0.4, -0.2) is 19.6 Å². The molecule has 0 aliphatic carbocycles. The van der Waals surface area contributed by atoms with Crippen LogP contribution in [0.4, 0.5) is 4.39 Å². The number of hydrogen-bond donors (Lipinski definition) is 2. The predicted octanol–water partition coefficient (Wildman–Crippen LogP) is 1.71. The van der Waals surface area contributed by atoms with Gasteiger partial charge in [0.15, 0.2) is 0 Å². The molecule has 1 fully saturated rings. The van der Waals surface area contributed by atoms with Crippen LogP contribution in [0.5, 0.6) is 0 Å². The minimum atomic E-state index is -0.278. The molecular formula is C10H12ClFN2. The van der Waals surface area contributed by atoms with Crippen LogP contribution in [0.1, 0.15) is 11.6 Å². The molecule has 14 heavy (non-hydrogen) atoms. The van der Waals surface area contributed by atoms with Gasteiger partial charge in [-0.25, -0.2) is 4.39 Å². The fraction of sp³-hybridized carbons (Fsp3) is 0.400. The Morgan fingerprint density at radius 1 is 1.29 bits per heavy atom. The standard InChI is InChI=1S/C10H12ClFN2/c11-8-3-7(4-9(12)5-8)10-6-13-1-2-14-10/h3-5,10,13-14H,1-2,6H2/t10-/m1/s1. The lowest BCUT2D eigenvalue weighted by molar-refractivity contribution is 0.428. The molecule has 2 nitrogen and oxygen atoms in total. The molecule has 2 N–H and O–H groups in total. The topological polar surface area (TPSA) is 24.1 Å². The third-order valence-electron chi connectivity index (χ3n) is 2.33. The molecule has 0 saturated carbocycles. The van der Waals surface area contributed by atoms with Crippen molar-refractivity contribution in [2.45, 2.75) is 6.04 Å². The van der Waals surface area contributed by atoms with E-state index in [2.05, 4.69) is 10.6 Å². The smallest absolute Gasteiger partial charge is 0.125 e. The first-order valence-electron chi connectivity index (χ1n) is 4.66. The van der Waals surface area contributed by atoms with Crippen molar-refractivity contribution < 1.29 is 4.39 Å². The van der Waals surface area contributed by atoms with Gasteiger partial charge in [0.2, 0.25) is 0 Å². The van der Waals surface area contributed by atoms with Gasteiger partial charge in [0, 0.05) is 30.7 Å². The maximum absolute atomic E-state index is 13.1. The Balaban J connectivity index is 2.21. The summed E-state index contributed by atoms with van der Waals surface area (Å²) < 4.78 is 13.1. The molecule has 0 aromatic heterocycles. The highest BCUT2D eigenvalue weighted by Gasteiger charge is 2.15. The van der Waals surface area contributed by atoms with E-state index in [-0.39, 0.29) is 11.9 Å². The molecular weight excluding hydrogens is 203 g/mol. The molecule has 1 aliphatic heterocycles. The van der Waals surface area contributed by atoms with E-state index in [0.717, 1.165) is 25.2 Å². The van der Waals surface area contributed by atoms with Gasteiger partial charge < -0.3 is 10.6 Å². The maximum atomic E-state index is 13.1. The van der Waals surface area contributed by atoms with E-state index < -0.39 is 0 Å². The number of halogens is 2. The van der Waals surface area contributed by atoms with Crippen LogP contribution >= 0.6 is 11.6 Å². The summed E-state index contributed by atoms with van der Waals surface area (Å²) >= 11 is 5.78. The fourth-order valence-electron chi connectivity index (χ4n) is 1.67. The first kappa shape index (κ1) is 9.90. The van der Waals surface area contributed by atoms with Crippen LogP contribution in [-0.2, 0) is 0 Å². The minimum Gasteiger partial charge on any atom is -0.314 e. The van der Waals surface area contributed by atoms with Gasteiger partial charge in [-0.3, -0.25) is 0 Å². The summed E-state index contributed by atoms with van der Waals surface area (Å²) in [6.07, 6.45) is 0. The number of hydrogen-bond acceptors (Lipinski definition) is 2. The van der Waals surface area contributed by atoms with Gasteiger partial charge >= 0.3 is 0 Å². The van der Waals surface area contributed by atoms with E-state index in [9.17, 15) is 4.39 Å². The van der Waals surface area contributed by atoms with Gasteiger partial charge in [-0.15, -0.1) is 0 Å². The SMILES string of the molecule is Fc1cc(Cl)cc([C@H]2CNCCN2)c1. The van der Waals surface area contributed by atoms with Crippen LogP contribution in [0.15, 0.2) is 18.2 Å². The Labute approximate surface area is 87.5 Å².